The summed E-state index contributed by atoms with van der Waals surface area (Å²) in [5, 5.41) is 10.1. The van der Waals surface area contributed by atoms with Crippen molar-refractivity contribution in [2.24, 2.45) is 7.05 Å². The first-order valence-electron chi connectivity index (χ1n) is 8.01. The normalized spacial score (nSPS) is 15.0. The summed E-state index contributed by atoms with van der Waals surface area (Å²) in [6, 6.07) is 5.06. The molecule has 2 heterocycles. The minimum atomic E-state index is -0.464. The molecular weight excluding hydrogens is 342 g/mol. The molecule has 4 rings (SSSR count). The lowest BCUT2D eigenvalue weighted by atomic mass is 10.1. The largest absolute Gasteiger partial charge is 0.440 e. The van der Waals surface area contributed by atoms with Gasteiger partial charge in [0.25, 0.3) is 0 Å². The molecule has 2 N–H and O–H groups in total. The fraction of sp³-hybridized carbons (Fsp3) is 0.353. The number of anilines is 1. The first-order valence-corrected chi connectivity index (χ1v) is 8.01. The molecular formula is C17H20ClN5O2. The van der Waals surface area contributed by atoms with Crippen molar-refractivity contribution in [2.75, 3.05) is 12.4 Å². The number of nitrogens with zero attached hydrogens (tertiary/aromatic N) is 3. The van der Waals surface area contributed by atoms with E-state index in [4.69, 9.17) is 4.42 Å². The van der Waals surface area contributed by atoms with Crippen LogP contribution in [0.3, 0.4) is 0 Å². The van der Waals surface area contributed by atoms with Crippen molar-refractivity contribution in [1.29, 1.82) is 0 Å². The van der Waals surface area contributed by atoms with Gasteiger partial charge in [0.1, 0.15) is 11.6 Å². The lowest BCUT2D eigenvalue weighted by Gasteiger charge is -2.14. The first kappa shape index (κ1) is 17.4. The highest BCUT2D eigenvalue weighted by atomic mass is 35.5. The molecule has 1 unspecified atom stereocenters. The standard InChI is InChI=1S/C17H19N5O2.ClH/c1-18-15(11-8-19-22(2)9-11)16(23)20-12-5-6-14-13(7-12)21-17(24-14)10-3-4-10;/h5-10,15,18H,3-4H2,1-2H3,(H,20,23);1H. The minimum absolute atomic E-state index is 0. The number of nitrogens with one attached hydrogen (secondary N) is 2. The van der Waals surface area contributed by atoms with E-state index in [1.54, 1.807) is 17.9 Å². The van der Waals surface area contributed by atoms with Crippen LogP contribution in [0.5, 0.6) is 0 Å². The molecule has 0 bridgehead atoms. The summed E-state index contributed by atoms with van der Waals surface area (Å²) in [4.78, 5) is 17.1. The second kappa shape index (κ2) is 6.85. The lowest BCUT2D eigenvalue weighted by Crippen LogP contribution is -2.30. The Morgan fingerprint density at radius 1 is 1.40 bits per heavy atom. The van der Waals surface area contributed by atoms with Gasteiger partial charge in [0, 0.05) is 30.4 Å². The van der Waals surface area contributed by atoms with Gasteiger partial charge < -0.3 is 15.1 Å². The number of oxazole rings is 1. The van der Waals surface area contributed by atoms with Crippen molar-refractivity contribution in [3.63, 3.8) is 0 Å². The van der Waals surface area contributed by atoms with Gasteiger partial charge in [-0.05, 0) is 38.1 Å². The second-order valence-electron chi connectivity index (χ2n) is 6.17. The highest BCUT2D eigenvalue weighted by Gasteiger charge is 2.29. The van der Waals surface area contributed by atoms with Crippen LogP contribution in [0.1, 0.15) is 36.3 Å². The Hall–Kier alpha value is -2.38. The number of hydrogen-bond donors (Lipinski definition) is 2. The number of halogens is 1. The van der Waals surface area contributed by atoms with E-state index in [-0.39, 0.29) is 18.3 Å². The van der Waals surface area contributed by atoms with Crippen molar-refractivity contribution < 1.29 is 9.21 Å². The van der Waals surface area contributed by atoms with Crippen LogP contribution in [-0.4, -0.2) is 27.7 Å². The van der Waals surface area contributed by atoms with Gasteiger partial charge in [0.05, 0.1) is 6.20 Å². The highest BCUT2D eigenvalue weighted by molar-refractivity contribution is 5.96. The Morgan fingerprint density at radius 2 is 2.20 bits per heavy atom. The molecule has 1 aliphatic carbocycles. The monoisotopic (exact) mass is 361 g/mol. The zero-order chi connectivity index (χ0) is 16.7. The smallest absolute Gasteiger partial charge is 0.246 e. The van der Waals surface area contributed by atoms with E-state index in [0.29, 0.717) is 11.6 Å². The van der Waals surface area contributed by atoms with Crippen LogP contribution < -0.4 is 10.6 Å². The molecule has 2 aromatic heterocycles. The highest BCUT2D eigenvalue weighted by Crippen LogP contribution is 2.40. The van der Waals surface area contributed by atoms with Crippen molar-refractivity contribution in [3.8, 4) is 0 Å². The molecule has 1 atom stereocenters. The van der Waals surface area contributed by atoms with Crippen LogP contribution >= 0.6 is 12.4 Å². The van der Waals surface area contributed by atoms with Crippen molar-refractivity contribution >= 4 is 35.1 Å². The average molecular weight is 362 g/mol. The predicted molar refractivity (Wildman–Crippen MR) is 96.9 cm³/mol. The first-order chi connectivity index (χ1) is 11.6. The number of carbonyl (C=O) groups excluding carboxylic acids is 1. The van der Waals surface area contributed by atoms with E-state index in [1.165, 1.54) is 0 Å². The number of rotatable bonds is 5. The van der Waals surface area contributed by atoms with E-state index in [1.807, 2.05) is 31.4 Å². The van der Waals surface area contributed by atoms with Gasteiger partial charge in [-0.25, -0.2) is 4.98 Å². The molecule has 0 radical (unpaired) electrons. The zero-order valence-electron chi connectivity index (χ0n) is 14.0. The summed E-state index contributed by atoms with van der Waals surface area (Å²) >= 11 is 0. The Bertz CT molecular complexity index is 899. The topological polar surface area (TPSA) is 85.0 Å². The lowest BCUT2D eigenvalue weighted by molar-refractivity contribution is -0.118. The summed E-state index contributed by atoms with van der Waals surface area (Å²) in [6.45, 7) is 0. The molecule has 0 saturated heterocycles. The SMILES string of the molecule is CNC(C(=O)Nc1ccc2oc(C3CC3)nc2c1)c1cnn(C)c1.Cl. The summed E-state index contributed by atoms with van der Waals surface area (Å²) in [5.74, 6) is 1.13. The number of fused-ring (bicyclic) bond motifs is 1. The Labute approximate surface area is 151 Å². The van der Waals surface area contributed by atoms with Crippen molar-refractivity contribution in [2.45, 2.75) is 24.8 Å². The second-order valence-corrected chi connectivity index (χ2v) is 6.17. The summed E-state index contributed by atoms with van der Waals surface area (Å²) < 4.78 is 7.42. The maximum atomic E-state index is 12.6. The molecule has 0 aliphatic heterocycles. The Balaban J connectivity index is 0.00000182. The number of likely N-dealkylation sites (N-methyl/N-ethyl adjacent to an activating group) is 1. The van der Waals surface area contributed by atoms with Crippen molar-refractivity contribution in [3.05, 3.63) is 42.0 Å². The maximum absolute atomic E-state index is 12.6. The van der Waals surface area contributed by atoms with E-state index in [2.05, 4.69) is 20.7 Å². The van der Waals surface area contributed by atoms with E-state index in [9.17, 15) is 4.79 Å². The fourth-order valence-electron chi connectivity index (χ4n) is 2.78. The zero-order valence-corrected chi connectivity index (χ0v) is 14.8. The molecule has 1 aliphatic rings. The van der Waals surface area contributed by atoms with Gasteiger partial charge in [-0.3, -0.25) is 9.48 Å². The molecule has 3 aromatic rings. The van der Waals surface area contributed by atoms with E-state index in [0.717, 1.165) is 35.4 Å². The average Bonchev–Trinajstić information content (AvgIpc) is 3.19. The number of aromatic nitrogens is 3. The molecule has 1 amide bonds. The third-order valence-electron chi connectivity index (χ3n) is 4.21. The van der Waals surface area contributed by atoms with Crippen molar-refractivity contribution in [1.82, 2.24) is 20.1 Å². The molecule has 1 saturated carbocycles. The summed E-state index contributed by atoms with van der Waals surface area (Å²) in [7, 11) is 3.57. The van der Waals surface area contributed by atoms with Crippen LogP contribution in [0, 0.1) is 0 Å². The van der Waals surface area contributed by atoms with Gasteiger partial charge in [0.15, 0.2) is 11.5 Å². The molecule has 1 fully saturated rings. The van der Waals surface area contributed by atoms with Crippen LogP contribution in [0.4, 0.5) is 5.69 Å². The van der Waals surface area contributed by atoms with Gasteiger partial charge in [-0.15, -0.1) is 12.4 Å². The molecule has 132 valence electrons. The quantitative estimate of drug-likeness (QED) is 0.729. The Kier molecular flexibility index (Phi) is 4.78. The number of carbonyl (C=O) groups is 1. The van der Waals surface area contributed by atoms with Gasteiger partial charge in [-0.1, -0.05) is 0 Å². The maximum Gasteiger partial charge on any atom is 0.246 e. The number of hydrogen-bond acceptors (Lipinski definition) is 5. The number of amides is 1. The molecule has 1 aromatic carbocycles. The summed E-state index contributed by atoms with van der Waals surface area (Å²) in [6.07, 6.45) is 5.80. The third kappa shape index (κ3) is 3.52. The van der Waals surface area contributed by atoms with Crippen LogP contribution in [-0.2, 0) is 11.8 Å². The minimum Gasteiger partial charge on any atom is -0.440 e. The van der Waals surface area contributed by atoms with E-state index < -0.39 is 6.04 Å². The summed E-state index contributed by atoms with van der Waals surface area (Å²) in [5.41, 5.74) is 3.05. The predicted octanol–water partition coefficient (Wildman–Crippen LogP) is 2.76. The van der Waals surface area contributed by atoms with E-state index >= 15 is 0 Å². The number of benzene rings is 1. The molecule has 7 nitrogen and oxygen atoms in total. The Morgan fingerprint density at radius 3 is 2.84 bits per heavy atom. The van der Waals surface area contributed by atoms with Crippen LogP contribution in [0.15, 0.2) is 35.0 Å². The molecule has 8 heteroatoms. The molecule has 0 spiro atoms. The molecule has 25 heavy (non-hydrogen) atoms. The van der Waals surface area contributed by atoms with Crippen LogP contribution in [0.25, 0.3) is 11.1 Å². The third-order valence-corrected chi connectivity index (χ3v) is 4.21. The number of aryl methyl sites for hydroxylation is 1. The van der Waals surface area contributed by atoms with Gasteiger partial charge >= 0.3 is 0 Å². The van der Waals surface area contributed by atoms with Gasteiger partial charge in [0.2, 0.25) is 5.91 Å². The fourth-order valence-corrected chi connectivity index (χ4v) is 2.78. The van der Waals surface area contributed by atoms with Crippen LogP contribution in [0.2, 0.25) is 0 Å². The van der Waals surface area contributed by atoms with Gasteiger partial charge in [-0.2, -0.15) is 5.10 Å².